The number of carbonyl (C=O) groups is 1. The van der Waals surface area contributed by atoms with Crippen LogP contribution in [0.5, 0.6) is 0 Å². The number of aryl methyl sites for hydroxylation is 1. The van der Waals surface area contributed by atoms with Crippen LogP contribution in [0.4, 0.5) is 19.0 Å². The molecule has 3 aromatic heterocycles. The summed E-state index contributed by atoms with van der Waals surface area (Å²) in [5.74, 6) is -1.18. The number of aromatic amines is 1. The largest absolute Gasteiger partial charge is 0.419 e. The predicted molar refractivity (Wildman–Crippen MR) is 146 cm³/mol. The molecular weight excluding hydrogens is 559 g/mol. The number of aromatic nitrogens is 3. The van der Waals surface area contributed by atoms with Gasteiger partial charge >= 0.3 is 6.18 Å². The fourth-order valence-corrected chi connectivity index (χ4v) is 5.26. The third kappa shape index (κ3) is 7.17. The number of hydrogen-bond donors (Lipinski definition) is 3. The van der Waals surface area contributed by atoms with E-state index >= 15 is 0 Å². The Kier molecular flexibility index (Phi) is 8.29. The Labute approximate surface area is 233 Å². The second kappa shape index (κ2) is 11.5. The molecule has 3 heterocycles. The standard InChI is InChI=1S/C28H26F3N5O4S/c1-16-21(14-23(25(32)36-16)28(29,30)31)15-35-27(38)20-7-9-33-22(13-20)10-17-5-6-18(24(11-17)41(2,39)40)12-19-4-3-8-34-26(19)37/h3-9,11,13-14H,10,12,15H2,1-2H3,(H2,32,36)(H,34,37)(H,35,38). The summed E-state index contributed by atoms with van der Waals surface area (Å²) in [4.78, 5) is 35.6. The number of nitrogens with two attached hydrogens (primary N) is 1. The summed E-state index contributed by atoms with van der Waals surface area (Å²) in [6.45, 7) is 1.29. The van der Waals surface area contributed by atoms with E-state index < -0.39 is 33.3 Å². The third-order valence-electron chi connectivity index (χ3n) is 6.37. The van der Waals surface area contributed by atoms with Gasteiger partial charge in [-0.05, 0) is 53.9 Å². The van der Waals surface area contributed by atoms with Crippen LogP contribution in [0.1, 0.15) is 49.6 Å². The van der Waals surface area contributed by atoms with Gasteiger partial charge in [0.1, 0.15) is 5.82 Å². The quantitative estimate of drug-likeness (QED) is 0.286. The van der Waals surface area contributed by atoms with Crippen LogP contribution in [-0.2, 0) is 35.4 Å². The Hall–Kier alpha value is -4.52. The fraction of sp³-hybridized carbons (Fsp3) is 0.214. The van der Waals surface area contributed by atoms with E-state index in [0.29, 0.717) is 22.4 Å². The SMILES string of the molecule is Cc1nc(N)c(C(F)(F)F)cc1CNC(=O)c1ccnc(Cc2ccc(Cc3ccc[nH]c3=O)c(S(C)(=O)=O)c2)c1. The van der Waals surface area contributed by atoms with Crippen molar-refractivity contribution >= 4 is 21.6 Å². The topological polar surface area (TPSA) is 148 Å². The van der Waals surface area contributed by atoms with Gasteiger partial charge in [0.2, 0.25) is 0 Å². The molecule has 0 spiro atoms. The molecule has 0 fully saturated rings. The van der Waals surface area contributed by atoms with Crippen molar-refractivity contribution in [1.82, 2.24) is 20.3 Å². The second-order valence-electron chi connectivity index (χ2n) is 9.47. The minimum Gasteiger partial charge on any atom is -0.383 e. The Morgan fingerprint density at radius 3 is 2.49 bits per heavy atom. The van der Waals surface area contributed by atoms with Gasteiger partial charge in [0.05, 0.1) is 10.5 Å². The summed E-state index contributed by atoms with van der Waals surface area (Å²) in [7, 11) is -3.64. The number of anilines is 1. The van der Waals surface area contributed by atoms with Crippen LogP contribution in [0.25, 0.3) is 0 Å². The lowest BCUT2D eigenvalue weighted by molar-refractivity contribution is -0.137. The molecule has 4 rings (SSSR count). The van der Waals surface area contributed by atoms with E-state index in [2.05, 4.69) is 20.3 Å². The number of alkyl halides is 3. The molecule has 0 radical (unpaired) electrons. The number of nitrogens with one attached hydrogen (secondary N) is 2. The summed E-state index contributed by atoms with van der Waals surface area (Å²) >= 11 is 0. The van der Waals surface area contributed by atoms with Gasteiger partial charge in [0.15, 0.2) is 9.84 Å². The number of carbonyl (C=O) groups excluding carboxylic acids is 1. The molecule has 214 valence electrons. The number of nitrogen functional groups attached to an aromatic ring is 1. The Morgan fingerprint density at radius 2 is 1.80 bits per heavy atom. The maximum absolute atomic E-state index is 13.2. The van der Waals surface area contributed by atoms with E-state index in [-0.39, 0.29) is 46.7 Å². The molecule has 0 bridgehead atoms. The zero-order valence-corrected chi connectivity index (χ0v) is 22.9. The van der Waals surface area contributed by atoms with Crippen molar-refractivity contribution in [3.05, 3.63) is 116 Å². The lowest BCUT2D eigenvalue weighted by Crippen LogP contribution is -2.24. The van der Waals surface area contributed by atoms with Crippen LogP contribution in [0.2, 0.25) is 0 Å². The normalized spacial score (nSPS) is 11.8. The zero-order chi connectivity index (χ0) is 29.9. The number of hydrogen-bond acceptors (Lipinski definition) is 7. The van der Waals surface area contributed by atoms with E-state index in [1.165, 1.54) is 37.5 Å². The minimum atomic E-state index is -4.68. The first-order valence-corrected chi connectivity index (χ1v) is 14.2. The molecule has 4 N–H and O–H groups in total. The highest BCUT2D eigenvalue weighted by Gasteiger charge is 2.34. The highest BCUT2D eigenvalue weighted by molar-refractivity contribution is 7.90. The summed E-state index contributed by atoms with van der Waals surface area (Å²) in [6, 6.07) is 12.0. The van der Waals surface area contributed by atoms with E-state index in [9.17, 15) is 31.2 Å². The van der Waals surface area contributed by atoms with Gasteiger partial charge in [0, 0.05) is 60.6 Å². The fourth-order valence-electron chi connectivity index (χ4n) is 4.28. The van der Waals surface area contributed by atoms with Crippen LogP contribution in [0.3, 0.4) is 0 Å². The Bertz CT molecular complexity index is 1790. The number of sulfone groups is 1. The average molecular weight is 586 g/mol. The van der Waals surface area contributed by atoms with Gasteiger partial charge in [0.25, 0.3) is 11.5 Å². The van der Waals surface area contributed by atoms with Crippen molar-refractivity contribution in [2.24, 2.45) is 0 Å². The van der Waals surface area contributed by atoms with Crippen LogP contribution in [0, 0.1) is 6.92 Å². The van der Waals surface area contributed by atoms with Crippen molar-refractivity contribution in [3.63, 3.8) is 0 Å². The summed E-state index contributed by atoms with van der Waals surface area (Å²) in [5.41, 5.74) is 6.64. The molecule has 0 saturated heterocycles. The first kappa shape index (κ1) is 29.5. The minimum absolute atomic E-state index is 0.0813. The van der Waals surface area contributed by atoms with Crippen molar-refractivity contribution in [2.45, 2.75) is 37.4 Å². The van der Waals surface area contributed by atoms with Gasteiger partial charge in [-0.1, -0.05) is 18.2 Å². The molecule has 41 heavy (non-hydrogen) atoms. The highest BCUT2D eigenvalue weighted by atomic mass is 32.2. The molecule has 0 aliphatic carbocycles. The number of halogens is 3. The monoisotopic (exact) mass is 585 g/mol. The van der Waals surface area contributed by atoms with E-state index in [1.807, 2.05) is 0 Å². The van der Waals surface area contributed by atoms with Gasteiger partial charge in [-0.15, -0.1) is 0 Å². The smallest absolute Gasteiger partial charge is 0.383 e. The van der Waals surface area contributed by atoms with Crippen LogP contribution in [0.15, 0.2) is 70.6 Å². The molecule has 0 atom stereocenters. The molecule has 0 saturated carbocycles. The van der Waals surface area contributed by atoms with E-state index in [1.54, 1.807) is 24.3 Å². The van der Waals surface area contributed by atoms with Crippen molar-refractivity contribution in [2.75, 3.05) is 12.0 Å². The number of nitrogens with zero attached hydrogens (tertiary/aromatic N) is 2. The van der Waals surface area contributed by atoms with Crippen LogP contribution < -0.4 is 16.6 Å². The molecule has 1 amide bonds. The number of H-pyrrole nitrogens is 1. The molecule has 0 aliphatic rings. The van der Waals surface area contributed by atoms with Gasteiger partial charge in [-0.3, -0.25) is 14.6 Å². The predicted octanol–water partition coefficient (Wildman–Crippen LogP) is 3.59. The number of rotatable bonds is 8. The maximum atomic E-state index is 13.2. The lowest BCUT2D eigenvalue weighted by atomic mass is 10.0. The molecule has 9 nitrogen and oxygen atoms in total. The first-order valence-electron chi connectivity index (χ1n) is 12.3. The third-order valence-corrected chi connectivity index (χ3v) is 7.55. The molecule has 0 unspecified atom stereocenters. The lowest BCUT2D eigenvalue weighted by Gasteiger charge is -2.14. The summed E-state index contributed by atoms with van der Waals surface area (Å²) in [6.07, 6.45) is -0.364. The van der Waals surface area contributed by atoms with Gasteiger partial charge < -0.3 is 16.0 Å². The van der Waals surface area contributed by atoms with Crippen molar-refractivity contribution in [3.8, 4) is 0 Å². The Morgan fingerprint density at radius 1 is 1.05 bits per heavy atom. The van der Waals surface area contributed by atoms with Crippen LogP contribution in [-0.4, -0.2) is 35.5 Å². The van der Waals surface area contributed by atoms with Gasteiger partial charge in [-0.25, -0.2) is 13.4 Å². The van der Waals surface area contributed by atoms with E-state index in [4.69, 9.17) is 5.73 Å². The highest BCUT2D eigenvalue weighted by Crippen LogP contribution is 2.33. The van der Waals surface area contributed by atoms with E-state index in [0.717, 1.165) is 12.3 Å². The first-order chi connectivity index (χ1) is 19.2. The molecule has 4 aromatic rings. The molecule has 13 heteroatoms. The maximum Gasteiger partial charge on any atom is 0.419 e. The average Bonchev–Trinajstić information content (AvgIpc) is 2.89. The summed E-state index contributed by atoms with van der Waals surface area (Å²) < 4.78 is 64.7. The van der Waals surface area contributed by atoms with Crippen LogP contribution >= 0.6 is 0 Å². The zero-order valence-electron chi connectivity index (χ0n) is 22.0. The molecule has 0 aliphatic heterocycles. The molecular formula is C28H26F3N5O4S. The second-order valence-corrected chi connectivity index (χ2v) is 11.5. The van der Waals surface area contributed by atoms with Gasteiger partial charge in [-0.2, -0.15) is 13.2 Å². The molecule has 1 aromatic carbocycles. The number of pyridine rings is 3. The number of amides is 1. The van der Waals surface area contributed by atoms with Crippen molar-refractivity contribution in [1.29, 1.82) is 0 Å². The number of benzene rings is 1. The Balaban J connectivity index is 1.52. The summed E-state index contributed by atoms with van der Waals surface area (Å²) in [5, 5.41) is 2.59. The van der Waals surface area contributed by atoms with Crippen molar-refractivity contribution < 1.29 is 26.4 Å².